The maximum Gasteiger partial charge on any atom is 0.252 e. The molecule has 0 aliphatic rings. The van der Waals surface area contributed by atoms with Crippen molar-refractivity contribution in [1.29, 1.82) is 0 Å². The Morgan fingerprint density at radius 1 is 1.39 bits per heavy atom. The largest absolute Gasteiger partial charge is 0.368 e. The van der Waals surface area contributed by atoms with E-state index in [2.05, 4.69) is 15.3 Å². The summed E-state index contributed by atoms with van der Waals surface area (Å²) < 4.78 is 14.6. The summed E-state index contributed by atoms with van der Waals surface area (Å²) in [5.74, 6) is -2.25. The van der Waals surface area contributed by atoms with E-state index in [1.165, 1.54) is 23.3 Å². The van der Waals surface area contributed by atoms with E-state index in [0.29, 0.717) is 12.1 Å². The van der Waals surface area contributed by atoms with E-state index >= 15 is 0 Å². The number of thiophene rings is 1. The van der Waals surface area contributed by atoms with Gasteiger partial charge < -0.3 is 21.7 Å². The molecule has 0 spiro atoms. The van der Waals surface area contributed by atoms with Crippen molar-refractivity contribution in [2.45, 2.75) is 19.4 Å². The van der Waals surface area contributed by atoms with Crippen molar-refractivity contribution in [3.8, 4) is 0 Å². The van der Waals surface area contributed by atoms with Gasteiger partial charge in [0.05, 0.1) is 11.3 Å². The van der Waals surface area contributed by atoms with Gasteiger partial charge in [-0.2, -0.15) is 0 Å². The monoisotopic (exact) mass is 402 g/mol. The zero-order valence-electron chi connectivity index (χ0n) is 15.3. The molecule has 5 N–H and O–H groups in total. The summed E-state index contributed by atoms with van der Waals surface area (Å²) in [6.07, 6.45) is 2.05. The Balaban J connectivity index is 2.08. The molecule has 0 radical (unpaired) electrons. The minimum atomic E-state index is -0.831. The number of carbonyl (C=O) groups excluding carboxylic acids is 2. The summed E-state index contributed by atoms with van der Waals surface area (Å²) in [4.78, 5) is 34.1. The molecule has 28 heavy (non-hydrogen) atoms. The van der Waals surface area contributed by atoms with E-state index in [1.807, 2.05) is 11.4 Å². The number of nitrogens with zero attached hydrogens (tertiary/aromatic N) is 3. The van der Waals surface area contributed by atoms with E-state index in [1.54, 1.807) is 19.2 Å². The topological polar surface area (TPSA) is 127 Å². The quantitative estimate of drug-likeness (QED) is 0.557. The highest BCUT2D eigenvalue weighted by Crippen LogP contribution is 2.32. The number of anilines is 3. The average molecular weight is 402 g/mol. The van der Waals surface area contributed by atoms with Crippen LogP contribution in [0, 0.1) is 5.82 Å². The molecule has 0 aliphatic heterocycles. The second-order valence-electron chi connectivity index (χ2n) is 6.12. The number of fused-ring (bicyclic) bond motifs is 1. The van der Waals surface area contributed by atoms with Crippen LogP contribution in [-0.2, 0) is 4.79 Å². The van der Waals surface area contributed by atoms with Gasteiger partial charge in [-0.25, -0.2) is 14.4 Å². The minimum absolute atomic E-state index is 0.0821. The van der Waals surface area contributed by atoms with E-state index in [9.17, 15) is 14.0 Å². The lowest BCUT2D eigenvalue weighted by molar-refractivity contribution is -0.119. The molecule has 3 heterocycles. The standard InChI is InChI=1S/C18H19FN6O2S/c1-3-13(15(21)27)25(2)17-11(19)7-10(14(20)26)16(24-17)23-12-8-28-18-9(12)5-4-6-22-18/h4-8,13H,3H2,1-2H3,(H2,20,26)(H2,21,27)(H,23,24). The van der Waals surface area contributed by atoms with Gasteiger partial charge in [0.15, 0.2) is 11.6 Å². The molecule has 1 unspecified atom stereocenters. The van der Waals surface area contributed by atoms with Crippen molar-refractivity contribution in [3.05, 3.63) is 41.2 Å². The second-order valence-corrected chi connectivity index (χ2v) is 6.98. The van der Waals surface area contributed by atoms with Crippen molar-refractivity contribution in [2.75, 3.05) is 17.3 Å². The molecular weight excluding hydrogens is 383 g/mol. The molecule has 146 valence electrons. The number of aromatic nitrogens is 2. The Morgan fingerprint density at radius 2 is 2.14 bits per heavy atom. The molecule has 2 amide bonds. The molecule has 0 saturated heterocycles. The summed E-state index contributed by atoms with van der Waals surface area (Å²) in [5, 5.41) is 5.68. The molecule has 3 aromatic heterocycles. The second kappa shape index (κ2) is 7.77. The first-order valence-corrected chi connectivity index (χ1v) is 9.33. The summed E-state index contributed by atoms with van der Waals surface area (Å²) in [7, 11) is 1.52. The predicted octanol–water partition coefficient (Wildman–Crippen LogP) is 2.37. The number of nitrogens with two attached hydrogens (primary N) is 2. The SMILES string of the molecule is CCC(C(N)=O)N(C)c1nc(Nc2csc3ncccc23)c(C(N)=O)cc1F. The van der Waals surface area contributed by atoms with Crippen molar-refractivity contribution in [2.24, 2.45) is 11.5 Å². The van der Waals surface area contributed by atoms with Gasteiger partial charge in [-0.1, -0.05) is 6.92 Å². The number of pyridine rings is 2. The normalized spacial score (nSPS) is 12.0. The van der Waals surface area contributed by atoms with Gasteiger partial charge in [0.25, 0.3) is 5.91 Å². The molecule has 0 bridgehead atoms. The Morgan fingerprint density at radius 3 is 2.79 bits per heavy atom. The van der Waals surface area contributed by atoms with Crippen molar-refractivity contribution in [1.82, 2.24) is 9.97 Å². The highest BCUT2D eigenvalue weighted by molar-refractivity contribution is 7.17. The molecule has 10 heteroatoms. The van der Waals surface area contributed by atoms with Gasteiger partial charge in [-0.15, -0.1) is 11.3 Å². The van der Waals surface area contributed by atoms with Crippen LogP contribution >= 0.6 is 11.3 Å². The van der Waals surface area contributed by atoms with Crippen LogP contribution in [0.1, 0.15) is 23.7 Å². The first-order chi connectivity index (χ1) is 13.3. The van der Waals surface area contributed by atoms with E-state index in [-0.39, 0.29) is 17.2 Å². The summed E-state index contributed by atoms with van der Waals surface area (Å²) in [5.41, 5.74) is 11.4. The number of rotatable bonds is 7. The fourth-order valence-electron chi connectivity index (χ4n) is 2.92. The number of amides is 2. The zero-order valence-corrected chi connectivity index (χ0v) is 16.1. The van der Waals surface area contributed by atoms with Gasteiger partial charge in [0, 0.05) is 24.0 Å². The number of nitrogens with one attached hydrogen (secondary N) is 1. The van der Waals surface area contributed by atoms with E-state index in [0.717, 1.165) is 16.3 Å². The summed E-state index contributed by atoms with van der Waals surface area (Å²) in [6.45, 7) is 1.76. The van der Waals surface area contributed by atoms with Crippen LogP contribution in [-0.4, -0.2) is 34.9 Å². The van der Waals surface area contributed by atoms with Gasteiger partial charge in [0.2, 0.25) is 5.91 Å². The Labute approximate surface area is 164 Å². The summed E-state index contributed by atoms with van der Waals surface area (Å²) in [6, 6.07) is 3.90. The predicted molar refractivity (Wildman–Crippen MR) is 107 cm³/mol. The third-order valence-corrected chi connectivity index (χ3v) is 5.24. The molecule has 0 saturated carbocycles. The van der Waals surface area contributed by atoms with Gasteiger partial charge in [-0.3, -0.25) is 9.59 Å². The molecular formula is C18H19FN6O2S. The van der Waals surface area contributed by atoms with Crippen LogP contribution in [0.25, 0.3) is 10.2 Å². The summed E-state index contributed by atoms with van der Waals surface area (Å²) >= 11 is 1.41. The Hall–Kier alpha value is -3.27. The van der Waals surface area contributed by atoms with Crippen LogP contribution in [0.15, 0.2) is 29.8 Å². The average Bonchev–Trinajstić information content (AvgIpc) is 3.06. The third kappa shape index (κ3) is 3.58. The maximum atomic E-state index is 14.6. The maximum absolute atomic E-state index is 14.6. The number of hydrogen-bond acceptors (Lipinski definition) is 7. The van der Waals surface area contributed by atoms with Crippen LogP contribution < -0.4 is 21.7 Å². The number of hydrogen-bond donors (Lipinski definition) is 3. The van der Waals surface area contributed by atoms with E-state index in [4.69, 9.17) is 11.5 Å². The molecule has 1 atom stereocenters. The number of likely N-dealkylation sites (N-methyl/N-ethyl adjacent to an activating group) is 1. The van der Waals surface area contributed by atoms with E-state index < -0.39 is 23.7 Å². The fraction of sp³-hybridized carbons (Fsp3) is 0.222. The first-order valence-electron chi connectivity index (χ1n) is 8.45. The van der Waals surface area contributed by atoms with Gasteiger partial charge in [0.1, 0.15) is 16.7 Å². The van der Waals surface area contributed by atoms with Crippen molar-refractivity contribution in [3.63, 3.8) is 0 Å². The number of carbonyl (C=O) groups is 2. The van der Waals surface area contributed by atoms with Crippen LogP contribution in [0.2, 0.25) is 0 Å². The lowest BCUT2D eigenvalue weighted by atomic mass is 10.1. The van der Waals surface area contributed by atoms with Crippen molar-refractivity contribution < 1.29 is 14.0 Å². The highest BCUT2D eigenvalue weighted by atomic mass is 32.1. The highest BCUT2D eigenvalue weighted by Gasteiger charge is 2.25. The number of halogens is 1. The Kier molecular flexibility index (Phi) is 5.41. The van der Waals surface area contributed by atoms with Crippen LogP contribution in [0.5, 0.6) is 0 Å². The molecule has 3 aromatic rings. The van der Waals surface area contributed by atoms with Gasteiger partial charge >= 0.3 is 0 Å². The molecule has 8 nitrogen and oxygen atoms in total. The molecule has 0 fully saturated rings. The first kappa shape index (κ1) is 19.5. The lowest BCUT2D eigenvalue weighted by Crippen LogP contribution is -2.43. The molecule has 0 aliphatic carbocycles. The minimum Gasteiger partial charge on any atom is -0.368 e. The third-order valence-electron chi connectivity index (χ3n) is 4.34. The van der Waals surface area contributed by atoms with Gasteiger partial charge in [-0.05, 0) is 24.6 Å². The smallest absolute Gasteiger partial charge is 0.252 e. The molecule has 0 aromatic carbocycles. The lowest BCUT2D eigenvalue weighted by Gasteiger charge is -2.26. The Bertz CT molecular complexity index is 1050. The number of primary amides is 2. The molecule has 3 rings (SSSR count). The fourth-order valence-corrected chi connectivity index (χ4v) is 3.76. The van der Waals surface area contributed by atoms with Crippen LogP contribution in [0.3, 0.4) is 0 Å². The van der Waals surface area contributed by atoms with Crippen LogP contribution in [0.4, 0.5) is 21.7 Å². The van der Waals surface area contributed by atoms with Crippen molar-refractivity contribution >= 4 is 50.7 Å². The zero-order chi connectivity index (χ0) is 20.4.